The van der Waals surface area contributed by atoms with E-state index in [0.717, 1.165) is 32.4 Å². The Kier molecular flexibility index (Phi) is 6.52. The maximum Gasteiger partial charge on any atom is 0.248 e. The highest BCUT2D eigenvalue weighted by atomic mass is 16.2. The Balaban J connectivity index is 1.86. The van der Waals surface area contributed by atoms with E-state index >= 15 is 0 Å². The Morgan fingerprint density at radius 2 is 2.00 bits per heavy atom. The quantitative estimate of drug-likeness (QED) is 0.803. The molecule has 1 aromatic rings. The van der Waals surface area contributed by atoms with Gasteiger partial charge >= 0.3 is 0 Å². The minimum atomic E-state index is -0.564. The fraction of sp³-hybridized carbons (Fsp3) is 0.733. The summed E-state index contributed by atoms with van der Waals surface area (Å²) in [6.07, 6.45) is 7.37. The molecule has 0 spiro atoms. The van der Waals surface area contributed by atoms with Gasteiger partial charge in [0.05, 0.1) is 6.04 Å². The second-order valence-electron chi connectivity index (χ2n) is 5.95. The van der Waals surface area contributed by atoms with Crippen LogP contribution < -0.4 is 11.1 Å². The van der Waals surface area contributed by atoms with Crippen LogP contribution in [0.1, 0.15) is 45.4 Å². The van der Waals surface area contributed by atoms with Crippen molar-refractivity contribution in [3.8, 4) is 0 Å². The van der Waals surface area contributed by atoms with Gasteiger partial charge in [0.15, 0.2) is 0 Å². The summed E-state index contributed by atoms with van der Waals surface area (Å²) in [5, 5.41) is 6.70. The van der Waals surface area contributed by atoms with Gasteiger partial charge in [0, 0.05) is 13.1 Å². The van der Waals surface area contributed by atoms with Crippen molar-refractivity contribution in [1.29, 1.82) is 0 Å². The van der Waals surface area contributed by atoms with E-state index in [-0.39, 0.29) is 24.3 Å². The van der Waals surface area contributed by atoms with Gasteiger partial charge in [-0.15, -0.1) is 5.10 Å². The van der Waals surface area contributed by atoms with Gasteiger partial charge in [0.1, 0.15) is 12.9 Å². The first-order valence-corrected chi connectivity index (χ1v) is 8.34. The topological polar surface area (TPSA) is 106 Å². The normalized spacial score (nSPS) is 16.7. The van der Waals surface area contributed by atoms with E-state index in [2.05, 4.69) is 15.4 Å². The van der Waals surface area contributed by atoms with Crippen molar-refractivity contribution in [2.24, 2.45) is 5.73 Å². The minimum absolute atomic E-state index is 0.0392. The van der Waals surface area contributed by atoms with Gasteiger partial charge in [-0.1, -0.05) is 26.2 Å². The third-order valence-electron chi connectivity index (χ3n) is 3.96. The number of carbonyl (C=O) groups is 2. The number of hydrogen-bond donors (Lipinski definition) is 2. The molecule has 1 atom stereocenters. The zero-order valence-corrected chi connectivity index (χ0v) is 13.7. The van der Waals surface area contributed by atoms with Crippen LogP contribution in [0.2, 0.25) is 0 Å². The monoisotopic (exact) mass is 322 g/mol. The van der Waals surface area contributed by atoms with Crippen LogP contribution in [0, 0.1) is 0 Å². The van der Waals surface area contributed by atoms with Crippen LogP contribution in [0.5, 0.6) is 0 Å². The lowest BCUT2D eigenvalue weighted by atomic mass is 10.2. The molecule has 2 heterocycles. The molecular weight excluding hydrogens is 296 g/mol. The van der Waals surface area contributed by atoms with E-state index in [1.807, 2.05) is 11.8 Å². The van der Waals surface area contributed by atoms with Gasteiger partial charge in [0.2, 0.25) is 17.8 Å². The van der Waals surface area contributed by atoms with Crippen LogP contribution >= 0.6 is 0 Å². The molecule has 1 unspecified atom stereocenters. The molecule has 1 saturated heterocycles. The second kappa shape index (κ2) is 8.61. The lowest BCUT2D eigenvalue weighted by Crippen LogP contribution is -2.36. The van der Waals surface area contributed by atoms with Crippen molar-refractivity contribution >= 4 is 17.8 Å². The van der Waals surface area contributed by atoms with Crippen LogP contribution in [0.25, 0.3) is 0 Å². The molecule has 2 rings (SSSR count). The fourth-order valence-corrected chi connectivity index (χ4v) is 2.63. The number of rotatable bonds is 6. The third-order valence-corrected chi connectivity index (χ3v) is 3.96. The summed E-state index contributed by atoms with van der Waals surface area (Å²) >= 11 is 0. The van der Waals surface area contributed by atoms with Crippen LogP contribution in [0.3, 0.4) is 0 Å². The molecule has 0 bridgehead atoms. The van der Waals surface area contributed by atoms with E-state index < -0.39 is 6.04 Å². The van der Waals surface area contributed by atoms with E-state index in [4.69, 9.17) is 5.73 Å². The summed E-state index contributed by atoms with van der Waals surface area (Å²) < 4.78 is 1.45. The maximum absolute atomic E-state index is 12.3. The van der Waals surface area contributed by atoms with Gasteiger partial charge in [-0.3, -0.25) is 14.9 Å². The van der Waals surface area contributed by atoms with Crippen LogP contribution in [-0.4, -0.2) is 50.6 Å². The Bertz CT molecular complexity index is 522. The number of likely N-dealkylation sites (tertiary alicyclic amines) is 1. The fourth-order valence-electron chi connectivity index (χ4n) is 2.63. The molecule has 3 N–H and O–H groups in total. The first-order valence-electron chi connectivity index (χ1n) is 8.34. The first-order chi connectivity index (χ1) is 11.1. The van der Waals surface area contributed by atoms with Gasteiger partial charge < -0.3 is 10.6 Å². The lowest BCUT2D eigenvalue weighted by Gasteiger charge is -2.19. The number of aromatic nitrogens is 3. The molecule has 0 radical (unpaired) electrons. The lowest BCUT2D eigenvalue weighted by molar-refractivity contribution is -0.132. The molecule has 0 aliphatic carbocycles. The molecule has 1 aliphatic heterocycles. The molecule has 2 amide bonds. The molecule has 8 nitrogen and oxygen atoms in total. The van der Waals surface area contributed by atoms with Gasteiger partial charge in [-0.2, -0.15) is 0 Å². The number of nitrogens with zero attached hydrogens (tertiary/aromatic N) is 4. The van der Waals surface area contributed by atoms with Crippen molar-refractivity contribution in [3.63, 3.8) is 0 Å². The van der Waals surface area contributed by atoms with Crippen LogP contribution in [0.15, 0.2) is 6.33 Å². The summed E-state index contributed by atoms with van der Waals surface area (Å²) in [6, 6.07) is -0.564. The summed E-state index contributed by atoms with van der Waals surface area (Å²) in [6.45, 7) is 3.73. The molecule has 23 heavy (non-hydrogen) atoms. The first kappa shape index (κ1) is 17.4. The van der Waals surface area contributed by atoms with E-state index in [9.17, 15) is 9.59 Å². The number of nitrogens with two attached hydrogens (primary N) is 1. The van der Waals surface area contributed by atoms with E-state index in [1.54, 1.807) is 0 Å². The molecule has 1 aliphatic rings. The largest absolute Gasteiger partial charge is 0.341 e. The summed E-state index contributed by atoms with van der Waals surface area (Å²) in [5.74, 6) is -0.0778. The van der Waals surface area contributed by atoms with Crippen molar-refractivity contribution in [2.45, 2.75) is 58.0 Å². The second-order valence-corrected chi connectivity index (χ2v) is 5.95. The average Bonchev–Trinajstić information content (AvgIpc) is 2.79. The zero-order chi connectivity index (χ0) is 16.7. The Morgan fingerprint density at radius 3 is 2.65 bits per heavy atom. The molecule has 8 heteroatoms. The van der Waals surface area contributed by atoms with Crippen molar-refractivity contribution in [2.75, 3.05) is 18.4 Å². The summed E-state index contributed by atoms with van der Waals surface area (Å²) in [7, 11) is 0. The summed E-state index contributed by atoms with van der Waals surface area (Å²) in [4.78, 5) is 30.0. The van der Waals surface area contributed by atoms with Crippen LogP contribution in [-0.2, 0) is 16.1 Å². The number of nitrogens with one attached hydrogen (secondary N) is 1. The summed E-state index contributed by atoms with van der Waals surface area (Å²) in [5.41, 5.74) is 5.74. The van der Waals surface area contributed by atoms with Gasteiger partial charge in [-0.25, -0.2) is 9.67 Å². The Labute approximate surface area is 136 Å². The number of carbonyl (C=O) groups excluding carboxylic acids is 2. The highest BCUT2D eigenvalue weighted by Crippen LogP contribution is 2.10. The standard InChI is InChI=1S/C15H26N6O2/c1-2-7-12(16)14(23)18-15-17-11-21(19-15)10-13(22)20-8-5-3-4-6-9-20/h11-12H,2-10,16H2,1H3,(H,18,19,23). The zero-order valence-electron chi connectivity index (χ0n) is 13.7. The number of amides is 2. The molecular formula is C15H26N6O2. The Hall–Kier alpha value is -1.96. The average molecular weight is 322 g/mol. The van der Waals surface area contributed by atoms with E-state index in [1.165, 1.54) is 23.9 Å². The maximum atomic E-state index is 12.3. The molecule has 1 aromatic heterocycles. The molecule has 0 aromatic carbocycles. The van der Waals surface area contributed by atoms with Crippen molar-refractivity contribution in [3.05, 3.63) is 6.33 Å². The van der Waals surface area contributed by atoms with Crippen molar-refractivity contribution in [1.82, 2.24) is 19.7 Å². The van der Waals surface area contributed by atoms with Gasteiger partial charge in [-0.05, 0) is 19.3 Å². The molecule has 0 saturated carbocycles. The predicted octanol–water partition coefficient (Wildman–Crippen LogP) is 0.747. The highest BCUT2D eigenvalue weighted by Gasteiger charge is 2.18. The minimum Gasteiger partial charge on any atom is -0.341 e. The van der Waals surface area contributed by atoms with Gasteiger partial charge in [0.25, 0.3) is 0 Å². The Morgan fingerprint density at radius 1 is 1.30 bits per heavy atom. The third kappa shape index (κ3) is 5.31. The predicted molar refractivity (Wildman–Crippen MR) is 86.6 cm³/mol. The number of anilines is 1. The number of hydrogen-bond acceptors (Lipinski definition) is 5. The van der Waals surface area contributed by atoms with Crippen LogP contribution in [0.4, 0.5) is 5.95 Å². The van der Waals surface area contributed by atoms with Crippen molar-refractivity contribution < 1.29 is 9.59 Å². The van der Waals surface area contributed by atoms with E-state index in [0.29, 0.717) is 6.42 Å². The molecule has 128 valence electrons. The highest BCUT2D eigenvalue weighted by molar-refractivity contribution is 5.93. The smallest absolute Gasteiger partial charge is 0.248 e. The molecule has 1 fully saturated rings. The SMILES string of the molecule is CCCC(N)C(=O)Nc1ncn(CC(=O)N2CCCCCC2)n1.